The summed E-state index contributed by atoms with van der Waals surface area (Å²) >= 11 is 0. The summed E-state index contributed by atoms with van der Waals surface area (Å²) in [5, 5.41) is 5.16. The number of nitrogens with zero attached hydrogens (tertiary/aromatic N) is 1. The van der Waals surface area contributed by atoms with E-state index in [1.165, 1.54) is 28.8 Å². The highest BCUT2D eigenvalue weighted by Crippen LogP contribution is 2.15. The molecule has 45 heavy (non-hydrogen) atoms. The van der Waals surface area contributed by atoms with Gasteiger partial charge in [0.25, 0.3) is 11.5 Å². The first kappa shape index (κ1) is 35.1. The van der Waals surface area contributed by atoms with E-state index in [1.807, 2.05) is 0 Å². The van der Waals surface area contributed by atoms with E-state index in [1.54, 1.807) is 71.9 Å². The summed E-state index contributed by atoms with van der Waals surface area (Å²) in [5.74, 6) is -1.17. The quantitative estimate of drug-likeness (QED) is 0.198. The molecule has 2 amide bonds. The minimum absolute atomic E-state index is 0.00995. The second-order valence-corrected chi connectivity index (χ2v) is 13.8. The predicted molar refractivity (Wildman–Crippen MR) is 167 cm³/mol. The zero-order chi connectivity index (χ0) is 33.4. The van der Waals surface area contributed by atoms with E-state index >= 15 is 0 Å². The fraction of sp³-hybridized carbons (Fsp3) is 0.419. The largest absolute Gasteiger partial charge is 0.492 e. The van der Waals surface area contributed by atoms with Crippen LogP contribution in [0.5, 0.6) is 5.75 Å². The van der Waals surface area contributed by atoms with Gasteiger partial charge in [-0.2, -0.15) is 4.72 Å². The Balaban J connectivity index is 1.66. The molecule has 0 spiro atoms. The molecule has 244 valence electrons. The molecule has 0 bridgehead atoms. The van der Waals surface area contributed by atoms with E-state index in [0.717, 1.165) is 6.07 Å². The number of rotatable bonds is 12. The molecule has 0 fully saturated rings. The van der Waals surface area contributed by atoms with Gasteiger partial charge in [0.15, 0.2) is 0 Å². The average molecular weight is 645 g/mol. The highest BCUT2D eigenvalue weighted by molar-refractivity contribution is 7.89. The van der Waals surface area contributed by atoms with Crippen molar-refractivity contribution in [3.8, 4) is 5.75 Å². The summed E-state index contributed by atoms with van der Waals surface area (Å²) in [6.07, 6.45) is 1.46. The number of carbonyl (C=O) groups is 3. The lowest BCUT2D eigenvalue weighted by Gasteiger charge is -2.24. The molecule has 1 aromatic carbocycles. The molecule has 0 aliphatic carbocycles. The van der Waals surface area contributed by atoms with Gasteiger partial charge in [0, 0.05) is 30.2 Å². The molecule has 1 unspecified atom stereocenters. The van der Waals surface area contributed by atoms with Gasteiger partial charge >= 0.3 is 12.1 Å². The van der Waals surface area contributed by atoms with Crippen LogP contribution in [0.2, 0.25) is 0 Å². The van der Waals surface area contributed by atoms with Crippen molar-refractivity contribution >= 4 is 33.5 Å². The van der Waals surface area contributed by atoms with Crippen LogP contribution in [0.15, 0.2) is 70.5 Å². The number of ether oxygens (including phenoxy) is 3. The summed E-state index contributed by atoms with van der Waals surface area (Å²) < 4.78 is 45.7. The molecule has 0 saturated carbocycles. The molecule has 13 nitrogen and oxygen atoms in total. The van der Waals surface area contributed by atoms with Crippen LogP contribution in [0.25, 0.3) is 5.52 Å². The number of amides is 2. The zero-order valence-electron chi connectivity index (χ0n) is 26.2. The van der Waals surface area contributed by atoms with Crippen molar-refractivity contribution in [3.63, 3.8) is 0 Å². The molecule has 0 aliphatic rings. The Labute approximate surface area is 262 Å². The number of alkyl carbamates (subject to hydrolysis) is 1. The standard InChI is InChI=1S/C31H40N4O9S/c1-30(2,3)43-28(38)25(34-45(40,41)24-11-8-7-9-12-24)19-33-27(37)21-17-22-13-14-23(20-35(22)26(36)18-21)42-16-10-15-32-29(39)44-31(4,5)6/h7-9,11-14,17-18,20,25,34H,10,15-16,19H2,1-6H3,(H,32,39)(H,33,37). The number of pyridine rings is 2. The second-order valence-electron chi connectivity index (χ2n) is 12.1. The normalized spacial score (nSPS) is 12.7. The number of esters is 1. The van der Waals surface area contributed by atoms with Crippen LogP contribution in [0.4, 0.5) is 4.79 Å². The number of aromatic nitrogens is 1. The van der Waals surface area contributed by atoms with E-state index in [9.17, 15) is 27.6 Å². The van der Waals surface area contributed by atoms with Crippen molar-refractivity contribution in [3.05, 3.63) is 76.7 Å². The lowest BCUT2D eigenvalue weighted by molar-refractivity contribution is -0.156. The van der Waals surface area contributed by atoms with Gasteiger partial charge in [-0.1, -0.05) is 18.2 Å². The summed E-state index contributed by atoms with van der Waals surface area (Å²) in [7, 11) is -4.12. The predicted octanol–water partition coefficient (Wildman–Crippen LogP) is 3.01. The number of sulfonamides is 1. The average Bonchev–Trinajstić information content (AvgIpc) is 2.93. The lowest BCUT2D eigenvalue weighted by atomic mass is 10.2. The number of fused-ring (bicyclic) bond motifs is 1. The monoisotopic (exact) mass is 644 g/mol. The van der Waals surface area contributed by atoms with Crippen molar-refractivity contribution in [1.82, 2.24) is 19.8 Å². The van der Waals surface area contributed by atoms with Gasteiger partial charge < -0.3 is 24.8 Å². The summed E-state index contributed by atoms with van der Waals surface area (Å²) in [6.45, 7) is 10.4. The van der Waals surface area contributed by atoms with E-state index in [-0.39, 0.29) is 17.1 Å². The second kappa shape index (κ2) is 14.6. The minimum atomic E-state index is -4.12. The van der Waals surface area contributed by atoms with Gasteiger partial charge in [0.1, 0.15) is 23.0 Å². The highest BCUT2D eigenvalue weighted by Gasteiger charge is 2.30. The number of hydrogen-bond acceptors (Lipinski definition) is 9. The van der Waals surface area contributed by atoms with Gasteiger partial charge in [-0.15, -0.1) is 0 Å². The van der Waals surface area contributed by atoms with Gasteiger partial charge in [0.05, 0.1) is 17.7 Å². The molecule has 0 radical (unpaired) electrons. The molecular formula is C31H40N4O9S. The number of benzene rings is 1. The third-order valence-corrected chi connectivity index (χ3v) is 7.29. The lowest BCUT2D eigenvalue weighted by Crippen LogP contribution is -2.50. The Hall–Kier alpha value is -4.43. The molecular weight excluding hydrogens is 604 g/mol. The maximum Gasteiger partial charge on any atom is 0.407 e. The van der Waals surface area contributed by atoms with Crippen molar-refractivity contribution in [1.29, 1.82) is 0 Å². The molecule has 2 heterocycles. The fourth-order valence-corrected chi connectivity index (χ4v) is 5.09. The van der Waals surface area contributed by atoms with E-state index in [0.29, 0.717) is 24.2 Å². The molecule has 3 rings (SSSR count). The van der Waals surface area contributed by atoms with Crippen LogP contribution in [-0.2, 0) is 24.3 Å². The third-order valence-electron chi connectivity index (χ3n) is 5.80. The van der Waals surface area contributed by atoms with Gasteiger partial charge in [-0.3, -0.25) is 18.8 Å². The molecule has 1 atom stereocenters. The molecule has 2 aromatic heterocycles. The fourth-order valence-electron chi connectivity index (χ4n) is 3.89. The number of hydrogen-bond donors (Lipinski definition) is 3. The first-order chi connectivity index (χ1) is 20.9. The number of nitrogens with one attached hydrogen (secondary N) is 3. The van der Waals surface area contributed by atoms with Crippen LogP contribution in [-0.4, -0.2) is 67.7 Å². The Morgan fingerprint density at radius 1 is 0.889 bits per heavy atom. The summed E-state index contributed by atoms with van der Waals surface area (Å²) in [5.41, 5.74) is -1.60. The maximum atomic E-state index is 13.0. The number of carbonyl (C=O) groups excluding carboxylic acids is 3. The topological polar surface area (TPSA) is 171 Å². The van der Waals surface area contributed by atoms with E-state index < -0.39 is 57.3 Å². The maximum absolute atomic E-state index is 13.0. The van der Waals surface area contributed by atoms with Crippen LogP contribution in [0, 0.1) is 0 Å². The SMILES string of the molecule is CC(C)(C)OC(=O)NCCCOc1ccc2cc(C(=O)NCC(NS(=O)(=O)c3ccccc3)C(=O)OC(C)(C)C)cc(=O)n2c1. The molecule has 3 N–H and O–H groups in total. The van der Waals surface area contributed by atoms with Crippen LogP contribution < -0.4 is 25.7 Å². The summed E-state index contributed by atoms with van der Waals surface area (Å²) in [4.78, 5) is 50.4. The van der Waals surface area contributed by atoms with Crippen molar-refractivity contribution < 1.29 is 37.0 Å². The van der Waals surface area contributed by atoms with Crippen molar-refractivity contribution in [2.75, 3.05) is 19.7 Å². The van der Waals surface area contributed by atoms with Gasteiger partial charge in [-0.25, -0.2) is 13.2 Å². The van der Waals surface area contributed by atoms with Crippen LogP contribution >= 0.6 is 0 Å². The van der Waals surface area contributed by atoms with Crippen LogP contribution in [0.3, 0.4) is 0 Å². The van der Waals surface area contributed by atoms with Gasteiger partial charge in [0.2, 0.25) is 10.0 Å². The summed E-state index contributed by atoms with van der Waals surface area (Å²) in [6, 6.07) is 11.9. The Morgan fingerprint density at radius 2 is 1.56 bits per heavy atom. The smallest absolute Gasteiger partial charge is 0.407 e. The molecule has 14 heteroatoms. The Kier molecular flexibility index (Phi) is 11.3. The third kappa shape index (κ3) is 11.2. The highest BCUT2D eigenvalue weighted by atomic mass is 32.2. The molecule has 0 saturated heterocycles. The Bertz CT molecular complexity index is 1680. The van der Waals surface area contributed by atoms with E-state index in [4.69, 9.17) is 14.2 Å². The van der Waals surface area contributed by atoms with Gasteiger partial charge in [-0.05, 0) is 78.3 Å². The zero-order valence-corrected chi connectivity index (χ0v) is 27.0. The Morgan fingerprint density at radius 3 is 2.20 bits per heavy atom. The van der Waals surface area contributed by atoms with Crippen molar-refractivity contribution in [2.45, 2.75) is 70.1 Å². The van der Waals surface area contributed by atoms with E-state index in [2.05, 4.69) is 15.4 Å². The molecule has 3 aromatic rings. The molecule has 0 aliphatic heterocycles. The first-order valence-corrected chi connectivity index (χ1v) is 15.8. The first-order valence-electron chi connectivity index (χ1n) is 14.3. The van der Waals surface area contributed by atoms with Crippen molar-refractivity contribution in [2.24, 2.45) is 0 Å². The van der Waals surface area contributed by atoms with Crippen LogP contribution in [0.1, 0.15) is 58.3 Å². The minimum Gasteiger partial charge on any atom is -0.492 e.